The Labute approximate surface area is 143 Å². The van der Waals surface area contributed by atoms with Gasteiger partial charge in [-0.1, -0.05) is 30.9 Å². The molecule has 1 aliphatic rings. The van der Waals surface area contributed by atoms with E-state index in [-0.39, 0.29) is 11.7 Å². The number of furan rings is 1. The Morgan fingerprint density at radius 3 is 2.70 bits per heavy atom. The fourth-order valence-electron chi connectivity index (χ4n) is 2.25. The quantitative estimate of drug-likeness (QED) is 0.593. The molecule has 1 aliphatic heterocycles. The van der Waals surface area contributed by atoms with Crippen molar-refractivity contribution in [2.24, 2.45) is 0 Å². The molecule has 0 atom stereocenters. The molecule has 0 N–H and O–H groups in total. The summed E-state index contributed by atoms with van der Waals surface area (Å²) >= 11 is 6.51. The zero-order chi connectivity index (χ0) is 16.4. The zero-order valence-corrected chi connectivity index (χ0v) is 14.0. The normalized spacial score (nSPS) is 16.6. The highest BCUT2D eigenvalue weighted by Gasteiger charge is 2.31. The largest absolute Gasteiger partial charge is 0.457 e. The Balaban J connectivity index is 1.82. The highest BCUT2D eigenvalue weighted by molar-refractivity contribution is 8.26. The van der Waals surface area contributed by atoms with Gasteiger partial charge in [-0.25, -0.2) is 4.39 Å². The maximum atomic E-state index is 13.0. The molecule has 2 heterocycles. The number of amides is 1. The number of thioether (sulfide) groups is 1. The fraction of sp³-hybridized carbons (Fsp3) is 0.176. The number of nitrogens with zero attached hydrogens (tertiary/aromatic N) is 1. The second kappa shape index (κ2) is 6.68. The summed E-state index contributed by atoms with van der Waals surface area (Å²) in [6.07, 6.45) is 2.55. The monoisotopic (exact) mass is 347 g/mol. The Bertz CT molecular complexity index is 780. The summed E-state index contributed by atoms with van der Waals surface area (Å²) in [5.74, 6) is 0.823. The van der Waals surface area contributed by atoms with E-state index in [9.17, 15) is 9.18 Å². The number of thiocarbonyl (C=S) groups is 1. The van der Waals surface area contributed by atoms with Crippen LogP contribution in [0.4, 0.5) is 4.39 Å². The molecule has 1 aromatic carbocycles. The molecule has 1 aromatic heterocycles. The molecule has 1 saturated heterocycles. The number of carbonyl (C=O) groups is 1. The number of benzene rings is 1. The van der Waals surface area contributed by atoms with Crippen LogP contribution in [0.1, 0.15) is 19.1 Å². The minimum absolute atomic E-state index is 0.0819. The smallest absolute Gasteiger partial charge is 0.266 e. The van der Waals surface area contributed by atoms with E-state index in [1.165, 1.54) is 23.9 Å². The number of rotatable bonds is 4. The van der Waals surface area contributed by atoms with E-state index in [1.54, 1.807) is 35.2 Å². The zero-order valence-electron chi connectivity index (χ0n) is 12.4. The van der Waals surface area contributed by atoms with Crippen molar-refractivity contribution in [3.8, 4) is 11.3 Å². The summed E-state index contributed by atoms with van der Waals surface area (Å²) in [7, 11) is 0. The molecule has 0 spiro atoms. The van der Waals surface area contributed by atoms with E-state index < -0.39 is 0 Å². The number of halogens is 1. The van der Waals surface area contributed by atoms with Crippen LogP contribution in [0.25, 0.3) is 17.4 Å². The summed E-state index contributed by atoms with van der Waals surface area (Å²) < 4.78 is 19.3. The standard InChI is InChI=1S/C17H14FNO2S2/c1-2-9-19-16(20)15(23-17(19)22)10-13-7-8-14(21-13)11-3-5-12(18)6-4-11/h3-8,10H,2,9H2,1H3/b15-10-. The van der Waals surface area contributed by atoms with Gasteiger partial charge in [-0.15, -0.1) is 0 Å². The molecular formula is C17H14FNO2S2. The molecule has 3 rings (SSSR count). The van der Waals surface area contributed by atoms with Crippen molar-refractivity contribution in [3.05, 3.63) is 52.9 Å². The van der Waals surface area contributed by atoms with Crippen molar-refractivity contribution in [1.82, 2.24) is 4.90 Å². The third kappa shape index (κ3) is 3.38. The molecule has 3 nitrogen and oxygen atoms in total. The van der Waals surface area contributed by atoms with E-state index in [4.69, 9.17) is 16.6 Å². The van der Waals surface area contributed by atoms with E-state index in [2.05, 4.69) is 0 Å². The van der Waals surface area contributed by atoms with Crippen LogP contribution < -0.4 is 0 Å². The summed E-state index contributed by atoms with van der Waals surface area (Å²) in [6.45, 7) is 2.63. The first kappa shape index (κ1) is 16.0. The van der Waals surface area contributed by atoms with Gasteiger partial charge in [-0.05, 0) is 42.8 Å². The van der Waals surface area contributed by atoms with Crippen LogP contribution in [-0.2, 0) is 4.79 Å². The van der Waals surface area contributed by atoms with Crippen LogP contribution in [0.3, 0.4) is 0 Å². The lowest BCUT2D eigenvalue weighted by Gasteiger charge is -2.11. The van der Waals surface area contributed by atoms with E-state index in [0.717, 1.165) is 12.0 Å². The molecule has 2 aromatic rings. The lowest BCUT2D eigenvalue weighted by atomic mass is 10.2. The fourth-order valence-corrected chi connectivity index (χ4v) is 3.53. The molecule has 0 saturated carbocycles. The van der Waals surface area contributed by atoms with Crippen molar-refractivity contribution in [2.75, 3.05) is 6.54 Å². The third-order valence-electron chi connectivity index (χ3n) is 3.35. The Kier molecular flexibility index (Phi) is 4.63. The van der Waals surface area contributed by atoms with Crippen LogP contribution in [0.2, 0.25) is 0 Å². The van der Waals surface area contributed by atoms with Gasteiger partial charge in [0.05, 0.1) is 4.91 Å². The molecule has 1 fully saturated rings. The molecule has 6 heteroatoms. The van der Waals surface area contributed by atoms with Gasteiger partial charge in [-0.3, -0.25) is 9.69 Å². The highest BCUT2D eigenvalue weighted by atomic mass is 32.2. The third-order valence-corrected chi connectivity index (χ3v) is 4.73. The van der Waals surface area contributed by atoms with Crippen LogP contribution in [0.15, 0.2) is 45.7 Å². The van der Waals surface area contributed by atoms with Crippen molar-refractivity contribution in [2.45, 2.75) is 13.3 Å². The van der Waals surface area contributed by atoms with Crippen LogP contribution in [0.5, 0.6) is 0 Å². The van der Waals surface area contributed by atoms with Crippen LogP contribution >= 0.6 is 24.0 Å². The maximum absolute atomic E-state index is 13.0. The van der Waals surface area contributed by atoms with E-state index in [0.29, 0.717) is 27.3 Å². The lowest BCUT2D eigenvalue weighted by molar-refractivity contribution is -0.122. The number of carbonyl (C=O) groups excluding carboxylic acids is 1. The topological polar surface area (TPSA) is 33.5 Å². The van der Waals surface area contributed by atoms with Gasteiger partial charge in [0.25, 0.3) is 5.91 Å². The second-order valence-corrected chi connectivity index (χ2v) is 6.72. The van der Waals surface area contributed by atoms with Gasteiger partial charge < -0.3 is 4.42 Å². The maximum Gasteiger partial charge on any atom is 0.266 e. The van der Waals surface area contributed by atoms with Gasteiger partial charge in [0, 0.05) is 18.2 Å². The van der Waals surface area contributed by atoms with Gasteiger partial charge in [0.2, 0.25) is 0 Å². The molecule has 0 aliphatic carbocycles. The molecule has 1 amide bonds. The van der Waals surface area contributed by atoms with Crippen molar-refractivity contribution in [1.29, 1.82) is 0 Å². The number of hydrogen-bond acceptors (Lipinski definition) is 4. The van der Waals surface area contributed by atoms with Gasteiger partial charge in [0.15, 0.2) is 0 Å². The lowest BCUT2D eigenvalue weighted by Crippen LogP contribution is -2.28. The Morgan fingerprint density at radius 2 is 2.00 bits per heavy atom. The average molecular weight is 347 g/mol. The van der Waals surface area contributed by atoms with Crippen molar-refractivity contribution >= 4 is 40.3 Å². The molecule has 0 radical (unpaired) electrons. The SMILES string of the molecule is CCCN1C(=O)/C(=C/c2ccc(-c3ccc(F)cc3)o2)SC1=S. The minimum Gasteiger partial charge on any atom is -0.457 e. The van der Waals surface area contributed by atoms with Crippen molar-refractivity contribution in [3.63, 3.8) is 0 Å². The summed E-state index contributed by atoms with van der Waals surface area (Å²) in [4.78, 5) is 14.5. The molecule has 0 unspecified atom stereocenters. The van der Waals surface area contributed by atoms with Gasteiger partial charge in [0.1, 0.15) is 21.7 Å². The summed E-state index contributed by atoms with van der Waals surface area (Å²) in [5.41, 5.74) is 0.782. The van der Waals surface area contributed by atoms with E-state index >= 15 is 0 Å². The molecule has 118 valence electrons. The van der Waals surface area contributed by atoms with Gasteiger partial charge >= 0.3 is 0 Å². The summed E-state index contributed by atoms with van der Waals surface area (Å²) in [5, 5.41) is 0. The predicted octanol–water partition coefficient (Wildman–Crippen LogP) is 4.70. The molecule has 23 heavy (non-hydrogen) atoms. The minimum atomic E-state index is -0.292. The van der Waals surface area contributed by atoms with Crippen LogP contribution in [-0.4, -0.2) is 21.7 Å². The first-order chi connectivity index (χ1) is 11.1. The highest BCUT2D eigenvalue weighted by Crippen LogP contribution is 2.33. The Hall–Kier alpha value is -1.92. The molecular weight excluding hydrogens is 333 g/mol. The van der Waals surface area contributed by atoms with Crippen LogP contribution in [0, 0.1) is 5.82 Å². The van der Waals surface area contributed by atoms with Gasteiger partial charge in [-0.2, -0.15) is 0 Å². The molecule has 0 bridgehead atoms. The first-order valence-corrected chi connectivity index (χ1v) is 8.42. The first-order valence-electron chi connectivity index (χ1n) is 7.19. The second-order valence-electron chi connectivity index (χ2n) is 5.04. The average Bonchev–Trinajstić information content (AvgIpc) is 3.09. The van der Waals surface area contributed by atoms with Crippen molar-refractivity contribution < 1.29 is 13.6 Å². The van der Waals surface area contributed by atoms with E-state index in [1.807, 2.05) is 6.92 Å². The number of hydrogen-bond donors (Lipinski definition) is 0. The Morgan fingerprint density at radius 1 is 1.26 bits per heavy atom. The predicted molar refractivity (Wildman–Crippen MR) is 94.3 cm³/mol. The summed E-state index contributed by atoms with van der Waals surface area (Å²) in [6, 6.07) is 9.65.